The molecule has 2 aromatic heterocycles. The van der Waals surface area contributed by atoms with Crippen LogP contribution in [0.4, 0.5) is 13.2 Å². The van der Waals surface area contributed by atoms with Crippen LogP contribution in [0.1, 0.15) is 61.6 Å². The van der Waals surface area contributed by atoms with Crippen LogP contribution in [0.25, 0.3) is 32.9 Å². The van der Waals surface area contributed by atoms with Crippen molar-refractivity contribution in [1.82, 2.24) is 9.55 Å². The number of halogens is 3. The molecule has 232 valence electrons. The van der Waals surface area contributed by atoms with Crippen LogP contribution in [-0.2, 0) is 28.7 Å². The van der Waals surface area contributed by atoms with Crippen LogP contribution in [0.3, 0.4) is 0 Å². The molecular weight excluding hydrogens is 581 g/mol. The number of alkyl halides is 3. The molecule has 1 aliphatic rings. The number of Topliss-reactive ketones (excluding diaryl/α,β-unsaturated/α-hetero) is 1. The van der Waals surface area contributed by atoms with E-state index in [4.69, 9.17) is 14.5 Å². The zero-order valence-electron chi connectivity index (χ0n) is 25.7. The Bertz CT molecular complexity index is 2030. The van der Waals surface area contributed by atoms with E-state index in [1.807, 2.05) is 52.0 Å². The molecule has 3 heterocycles. The Morgan fingerprint density at radius 1 is 1.07 bits per heavy atom. The highest BCUT2D eigenvalue weighted by molar-refractivity contribution is 6.08. The van der Waals surface area contributed by atoms with Gasteiger partial charge in [0.1, 0.15) is 11.9 Å². The smallest absolute Gasteiger partial charge is 0.416 e. The number of ketones is 1. The molecule has 1 atom stereocenters. The Balaban J connectivity index is 1.69. The number of aryl methyl sites for hydroxylation is 1. The van der Waals surface area contributed by atoms with Crippen molar-refractivity contribution in [1.29, 1.82) is 0 Å². The molecule has 3 aromatic carbocycles. The first-order valence-electron chi connectivity index (χ1n) is 14.8. The molecule has 0 amide bonds. The van der Waals surface area contributed by atoms with Crippen molar-refractivity contribution >= 4 is 27.6 Å². The molecule has 1 unspecified atom stereocenters. The summed E-state index contributed by atoms with van der Waals surface area (Å²) in [5, 5.41) is 1.53. The lowest BCUT2D eigenvalue weighted by Crippen LogP contribution is -2.27. The third kappa shape index (κ3) is 5.73. The number of hydrogen-bond acceptors (Lipinski definition) is 5. The van der Waals surface area contributed by atoms with Crippen LogP contribution in [0.5, 0.6) is 5.75 Å². The van der Waals surface area contributed by atoms with Crippen molar-refractivity contribution in [3.8, 4) is 16.9 Å². The lowest BCUT2D eigenvalue weighted by Gasteiger charge is -2.30. The quantitative estimate of drug-likeness (QED) is 0.194. The van der Waals surface area contributed by atoms with E-state index in [0.29, 0.717) is 45.3 Å². The van der Waals surface area contributed by atoms with Crippen molar-refractivity contribution in [2.24, 2.45) is 0 Å². The average molecular weight is 615 g/mol. The van der Waals surface area contributed by atoms with Crippen LogP contribution in [0.15, 0.2) is 71.7 Å². The predicted molar refractivity (Wildman–Crippen MR) is 168 cm³/mol. The van der Waals surface area contributed by atoms with Gasteiger partial charge in [0.2, 0.25) is 0 Å². The zero-order valence-corrected chi connectivity index (χ0v) is 25.7. The zero-order chi connectivity index (χ0) is 32.3. The molecule has 0 saturated heterocycles. The van der Waals surface area contributed by atoms with Gasteiger partial charge in [0.25, 0.3) is 5.56 Å². The van der Waals surface area contributed by atoms with Crippen molar-refractivity contribution < 1.29 is 27.4 Å². The van der Waals surface area contributed by atoms with E-state index in [2.05, 4.69) is 0 Å². The molecule has 1 aliphatic heterocycles. The van der Waals surface area contributed by atoms with Gasteiger partial charge in [-0.3, -0.25) is 14.6 Å². The van der Waals surface area contributed by atoms with Crippen LogP contribution in [-0.4, -0.2) is 27.5 Å². The molecule has 0 spiro atoms. The van der Waals surface area contributed by atoms with Crippen LogP contribution < -0.4 is 10.3 Å². The number of nitrogens with zero attached hydrogens (tertiary/aromatic N) is 2. The summed E-state index contributed by atoms with van der Waals surface area (Å²) in [6.45, 7) is 9.46. The number of hydrogen-bond donors (Lipinski definition) is 0. The summed E-state index contributed by atoms with van der Waals surface area (Å²) < 4.78 is 54.4. The first kappa shape index (κ1) is 30.5. The SMILES string of the molecule is CC(=O)C(OC(C)(C)C)c1c(C)cc2c(ccc(=O)n2Cc2cccc(C(F)(F)F)c2)c1-c1ccc2c3c(ccnc13)CCO2. The average Bonchev–Trinajstić information content (AvgIpc) is 2.97. The van der Waals surface area contributed by atoms with Gasteiger partial charge in [-0.15, -0.1) is 0 Å². The van der Waals surface area contributed by atoms with E-state index < -0.39 is 23.4 Å². The van der Waals surface area contributed by atoms with Crippen molar-refractivity contribution in [3.63, 3.8) is 0 Å². The number of ether oxygens (including phenoxy) is 2. The number of aromatic nitrogens is 2. The molecule has 5 aromatic rings. The standard InChI is InChI=1S/C36H33F3N2O4/c1-20-17-27-25(10-12-29(43)41(27)19-22-7-6-8-24(18-22)36(37,38)39)32(30(20)34(21(2)42)45-35(3,4)5)26-9-11-28-31-23(14-16-44-28)13-15-40-33(26)31/h6-13,15,17-18,34H,14,16,19H2,1-5H3. The fraction of sp³-hybridized carbons (Fsp3) is 0.306. The molecule has 0 bridgehead atoms. The third-order valence-corrected chi connectivity index (χ3v) is 8.08. The molecule has 0 N–H and O–H groups in total. The van der Waals surface area contributed by atoms with Crippen molar-refractivity contribution in [2.75, 3.05) is 6.61 Å². The maximum Gasteiger partial charge on any atom is 0.416 e. The number of carbonyl (C=O) groups is 1. The van der Waals surface area contributed by atoms with E-state index >= 15 is 0 Å². The highest BCUT2D eigenvalue weighted by atomic mass is 19.4. The normalized spacial score (nSPS) is 14.0. The summed E-state index contributed by atoms with van der Waals surface area (Å²) in [4.78, 5) is 31.4. The highest BCUT2D eigenvalue weighted by Gasteiger charge is 2.32. The molecule has 0 aliphatic carbocycles. The Hall–Kier alpha value is -4.50. The Morgan fingerprint density at radius 2 is 1.84 bits per heavy atom. The van der Waals surface area contributed by atoms with Crippen LogP contribution >= 0.6 is 0 Å². The predicted octanol–water partition coefficient (Wildman–Crippen LogP) is 7.97. The number of fused-ring (bicyclic) bond motifs is 1. The maximum atomic E-state index is 13.5. The molecule has 6 nitrogen and oxygen atoms in total. The lowest BCUT2D eigenvalue weighted by molar-refractivity contribution is -0.139. The second kappa shape index (κ2) is 11.1. The highest BCUT2D eigenvalue weighted by Crippen LogP contribution is 2.45. The second-order valence-electron chi connectivity index (χ2n) is 12.5. The largest absolute Gasteiger partial charge is 0.493 e. The molecule has 0 saturated carbocycles. The van der Waals surface area contributed by atoms with Gasteiger partial charge in [-0.05, 0) is 105 Å². The van der Waals surface area contributed by atoms with E-state index in [1.165, 1.54) is 23.6 Å². The Morgan fingerprint density at radius 3 is 2.56 bits per heavy atom. The lowest BCUT2D eigenvalue weighted by atomic mass is 9.85. The van der Waals surface area contributed by atoms with Crippen LogP contribution in [0, 0.1) is 6.92 Å². The van der Waals surface area contributed by atoms with Gasteiger partial charge < -0.3 is 14.0 Å². The summed E-state index contributed by atoms with van der Waals surface area (Å²) >= 11 is 0. The Labute approximate surface area is 258 Å². The topological polar surface area (TPSA) is 70.4 Å². The van der Waals surface area contributed by atoms with Gasteiger partial charge in [0.05, 0.1) is 35.3 Å². The van der Waals surface area contributed by atoms with Crippen molar-refractivity contribution in [2.45, 2.75) is 65.5 Å². The summed E-state index contributed by atoms with van der Waals surface area (Å²) in [5.74, 6) is 0.530. The van der Waals surface area contributed by atoms with Gasteiger partial charge in [0.15, 0.2) is 5.78 Å². The number of carbonyl (C=O) groups excluding carboxylic acids is 1. The molecule has 0 radical (unpaired) electrons. The van der Waals surface area contributed by atoms with Gasteiger partial charge in [0, 0.05) is 35.0 Å². The van der Waals surface area contributed by atoms with E-state index in [-0.39, 0.29) is 17.9 Å². The maximum absolute atomic E-state index is 13.5. The molecule has 6 rings (SSSR count). The Kier molecular flexibility index (Phi) is 7.56. The van der Waals surface area contributed by atoms with Gasteiger partial charge in [-0.1, -0.05) is 12.1 Å². The van der Waals surface area contributed by atoms with E-state index in [1.54, 1.807) is 18.3 Å². The third-order valence-electron chi connectivity index (χ3n) is 8.08. The molecular formula is C36H33F3N2O4. The minimum absolute atomic E-state index is 0.0805. The van der Waals surface area contributed by atoms with Crippen molar-refractivity contribution in [3.05, 3.63) is 105 Å². The fourth-order valence-electron chi connectivity index (χ4n) is 6.21. The first-order chi connectivity index (χ1) is 21.2. The van der Waals surface area contributed by atoms with Gasteiger partial charge in [-0.25, -0.2) is 0 Å². The monoisotopic (exact) mass is 614 g/mol. The first-order valence-corrected chi connectivity index (χ1v) is 14.8. The second-order valence-corrected chi connectivity index (χ2v) is 12.5. The molecule has 9 heteroatoms. The minimum atomic E-state index is -4.52. The summed E-state index contributed by atoms with van der Waals surface area (Å²) in [5.41, 5.74) is 3.57. The van der Waals surface area contributed by atoms with Gasteiger partial charge >= 0.3 is 6.18 Å². The fourth-order valence-corrected chi connectivity index (χ4v) is 6.21. The molecule has 45 heavy (non-hydrogen) atoms. The summed E-state index contributed by atoms with van der Waals surface area (Å²) in [6.07, 6.45) is -2.98. The van der Waals surface area contributed by atoms with E-state index in [9.17, 15) is 22.8 Å². The molecule has 0 fully saturated rings. The van der Waals surface area contributed by atoms with E-state index in [0.717, 1.165) is 40.8 Å². The minimum Gasteiger partial charge on any atom is -0.493 e. The van der Waals surface area contributed by atoms with Crippen LogP contribution in [0.2, 0.25) is 0 Å². The summed E-state index contributed by atoms with van der Waals surface area (Å²) in [6, 6.07) is 15.7. The summed E-state index contributed by atoms with van der Waals surface area (Å²) in [7, 11) is 0. The number of pyridine rings is 2. The number of rotatable bonds is 6. The van der Waals surface area contributed by atoms with Gasteiger partial charge in [-0.2, -0.15) is 13.2 Å². The number of benzene rings is 3.